The van der Waals surface area contributed by atoms with Crippen molar-refractivity contribution in [3.05, 3.63) is 38.4 Å². The van der Waals surface area contributed by atoms with Crippen LogP contribution < -0.4 is 10.9 Å². The molecule has 0 fully saturated rings. The Labute approximate surface area is 163 Å². The summed E-state index contributed by atoms with van der Waals surface area (Å²) in [5.41, 5.74) is 0.405. The number of carbonyl (C=O) groups is 2. The van der Waals surface area contributed by atoms with E-state index in [4.69, 9.17) is 9.26 Å². The van der Waals surface area contributed by atoms with Crippen molar-refractivity contribution < 1.29 is 18.8 Å². The third-order valence-electron chi connectivity index (χ3n) is 4.63. The van der Waals surface area contributed by atoms with Crippen LogP contribution in [-0.2, 0) is 22.5 Å². The van der Waals surface area contributed by atoms with E-state index in [1.165, 1.54) is 6.92 Å². The van der Waals surface area contributed by atoms with Crippen LogP contribution in [0.5, 0.6) is 0 Å². The zero-order valence-corrected chi connectivity index (χ0v) is 16.4. The molecule has 1 N–H and O–H groups in total. The normalized spacial score (nSPS) is 14.1. The monoisotopic (exact) mass is 402 g/mol. The molecule has 4 rings (SSSR count). The molecule has 3 aromatic heterocycles. The van der Waals surface area contributed by atoms with E-state index < -0.39 is 18.0 Å². The van der Waals surface area contributed by atoms with Crippen LogP contribution in [0.25, 0.3) is 10.2 Å². The standard InChI is InChI=1S/C18H18N4O5S/c1-8-7-11(21-27-8)19-15(23)10(3)26-18(25)14-9(2)13-16(28-14)20-12-5-4-6-22(12)17(13)24/h7,10H,4-6H2,1-3H3,(H,19,21,23)/t10-/m1/s1. The molecule has 28 heavy (non-hydrogen) atoms. The largest absolute Gasteiger partial charge is 0.448 e. The lowest BCUT2D eigenvalue weighted by Gasteiger charge is -2.11. The topological polar surface area (TPSA) is 116 Å². The smallest absolute Gasteiger partial charge is 0.349 e. The number of hydrogen-bond donors (Lipinski definition) is 1. The van der Waals surface area contributed by atoms with Crippen molar-refractivity contribution in [2.75, 3.05) is 5.32 Å². The molecule has 4 heterocycles. The summed E-state index contributed by atoms with van der Waals surface area (Å²) >= 11 is 1.12. The molecular weight excluding hydrogens is 384 g/mol. The van der Waals surface area contributed by atoms with Gasteiger partial charge in [-0.05, 0) is 32.8 Å². The molecule has 1 aliphatic heterocycles. The average Bonchev–Trinajstić information content (AvgIpc) is 3.34. The van der Waals surface area contributed by atoms with Gasteiger partial charge in [-0.25, -0.2) is 9.78 Å². The van der Waals surface area contributed by atoms with E-state index in [0.717, 1.165) is 30.0 Å². The Morgan fingerprint density at radius 1 is 1.39 bits per heavy atom. The van der Waals surface area contributed by atoms with Crippen LogP contribution in [-0.4, -0.2) is 32.7 Å². The highest BCUT2D eigenvalue weighted by atomic mass is 32.1. The van der Waals surface area contributed by atoms with E-state index >= 15 is 0 Å². The van der Waals surface area contributed by atoms with Crippen molar-refractivity contribution in [3.8, 4) is 0 Å². The van der Waals surface area contributed by atoms with Crippen LogP contribution in [0.2, 0.25) is 0 Å². The van der Waals surface area contributed by atoms with E-state index in [0.29, 0.717) is 28.1 Å². The number of carbonyl (C=O) groups excluding carboxylic acids is 2. The van der Waals surface area contributed by atoms with Gasteiger partial charge in [0.15, 0.2) is 11.9 Å². The van der Waals surface area contributed by atoms with E-state index in [2.05, 4.69) is 15.5 Å². The first-order valence-corrected chi connectivity index (χ1v) is 9.64. The molecule has 10 heteroatoms. The number of nitrogens with one attached hydrogen (secondary N) is 1. The van der Waals surface area contributed by atoms with Crippen molar-refractivity contribution in [1.29, 1.82) is 0 Å². The molecule has 1 aliphatic rings. The highest BCUT2D eigenvalue weighted by molar-refractivity contribution is 7.20. The van der Waals surface area contributed by atoms with Gasteiger partial charge < -0.3 is 14.6 Å². The Hall–Kier alpha value is -3.01. The number of fused-ring (bicyclic) bond motifs is 2. The zero-order chi connectivity index (χ0) is 20.0. The molecule has 1 atom stereocenters. The summed E-state index contributed by atoms with van der Waals surface area (Å²) in [5.74, 6) is 0.345. The van der Waals surface area contributed by atoms with Crippen LogP contribution in [0.3, 0.4) is 0 Å². The SMILES string of the molecule is Cc1cc(NC(=O)[C@@H](C)OC(=O)c2sc3nc4n(c(=O)c3c2C)CCC4)no1. The second kappa shape index (κ2) is 6.86. The quantitative estimate of drug-likeness (QED) is 0.665. The number of rotatable bonds is 4. The number of amides is 1. The van der Waals surface area contributed by atoms with Crippen LogP contribution in [0, 0.1) is 13.8 Å². The molecule has 0 radical (unpaired) electrons. The van der Waals surface area contributed by atoms with Crippen molar-refractivity contribution >= 4 is 39.2 Å². The molecule has 0 aromatic carbocycles. The summed E-state index contributed by atoms with van der Waals surface area (Å²) in [6.45, 7) is 5.50. The van der Waals surface area contributed by atoms with Gasteiger partial charge in [-0.1, -0.05) is 5.16 Å². The number of nitrogens with zero attached hydrogens (tertiary/aromatic N) is 3. The molecule has 3 aromatic rings. The summed E-state index contributed by atoms with van der Waals surface area (Å²) in [6, 6.07) is 1.56. The minimum absolute atomic E-state index is 0.127. The van der Waals surface area contributed by atoms with Crippen LogP contribution in [0.1, 0.15) is 40.2 Å². The van der Waals surface area contributed by atoms with Gasteiger partial charge in [0.25, 0.3) is 11.5 Å². The molecule has 0 saturated carbocycles. The van der Waals surface area contributed by atoms with Gasteiger partial charge in [0.2, 0.25) is 0 Å². The zero-order valence-electron chi connectivity index (χ0n) is 15.6. The van der Waals surface area contributed by atoms with Crippen molar-refractivity contribution in [2.45, 2.75) is 46.3 Å². The summed E-state index contributed by atoms with van der Waals surface area (Å²) in [6.07, 6.45) is 0.597. The van der Waals surface area contributed by atoms with Gasteiger partial charge in [0, 0.05) is 19.0 Å². The van der Waals surface area contributed by atoms with E-state index in [9.17, 15) is 14.4 Å². The Morgan fingerprint density at radius 3 is 2.89 bits per heavy atom. The first kappa shape index (κ1) is 18.4. The summed E-state index contributed by atoms with van der Waals surface area (Å²) < 4.78 is 11.8. The van der Waals surface area contributed by atoms with E-state index in [1.807, 2.05) is 0 Å². The number of anilines is 1. The Balaban J connectivity index is 1.55. The molecular formula is C18H18N4O5S. The lowest BCUT2D eigenvalue weighted by molar-refractivity contribution is -0.123. The van der Waals surface area contributed by atoms with Crippen molar-refractivity contribution in [3.63, 3.8) is 0 Å². The van der Waals surface area contributed by atoms with Crippen LogP contribution in [0.4, 0.5) is 5.82 Å². The van der Waals surface area contributed by atoms with Crippen molar-refractivity contribution in [2.24, 2.45) is 0 Å². The maximum Gasteiger partial charge on any atom is 0.349 e. The Bertz CT molecular complexity index is 1160. The third kappa shape index (κ3) is 3.09. The van der Waals surface area contributed by atoms with Gasteiger partial charge in [0.05, 0.1) is 5.39 Å². The summed E-state index contributed by atoms with van der Waals surface area (Å²) in [5, 5.41) is 6.63. The number of aromatic nitrogens is 3. The van der Waals surface area contributed by atoms with Crippen LogP contribution in [0.15, 0.2) is 15.4 Å². The summed E-state index contributed by atoms with van der Waals surface area (Å²) in [4.78, 5) is 42.9. The average molecular weight is 402 g/mol. The highest BCUT2D eigenvalue weighted by Crippen LogP contribution is 2.29. The highest BCUT2D eigenvalue weighted by Gasteiger charge is 2.26. The van der Waals surface area contributed by atoms with Crippen LogP contribution >= 0.6 is 11.3 Å². The minimum Gasteiger partial charge on any atom is -0.448 e. The number of aryl methyl sites for hydroxylation is 3. The molecule has 0 spiro atoms. The van der Waals surface area contributed by atoms with E-state index in [1.54, 1.807) is 24.5 Å². The maximum atomic E-state index is 12.7. The van der Waals surface area contributed by atoms with Gasteiger partial charge in [-0.15, -0.1) is 11.3 Å². The molecule has 0 aliphatic carbocycles. The lowest BCUT2D eigenvalue weighted by atomic mass is 10.2. The molecule has 146 valence electrons. The van der Waals surface area contributed by atoms with Gasteiger partial charge in [-0.2, -0.15) is 0 Å². The first-order chi connectivity index (χ1) is 13.3. The fourth-order valence-electron chi connectivity index (χ4n) is 3.19. The summed E-state index contributed by atoms with van der Waals surface area (Å²) in [7, 11) is 0. The molecule has 0 saturated heterocycles. The molecule has 9 nitrogen and oxygen atoms in total. The Kier molecular flexibility index (Phi) is 4.50. The second-order valence-corrected chi connectivity index (χ2v) is 7.68. The number of hydrogen-bond acceptors (Lipinski definition) is 8. The molecule has 0 bridgehead atoms. The van der Waals surface area contributed by atoms with Gasteiger partial charge in [0.1, 0.15) is 21.3 Å². The third-order valence-corrected chi connectivity index (χ3v) is 5.79. The molecule has 1 amide bonds. The first-order valence-electron chi connectivity index (χ1n) is 8.83. The predicted octanol–water partition coefficient (Wildman–Crippen LogP) is 2.19. The minimum atomic E-state index is -1.05. The fraction of sp³-hybridized carbons (Fsp3) is 0.389. The number of esters is 1. The Morgan fingerprint density at radius 2 is 2.18 bits per heavy atom. The van der Waals surface area contributed by atoms with Gasteiger partial charge >= 0.3 is 5.97 Å². The second-order valence-electron chi connectivity index (χ2n) is 6.68. The van der Waals surface area contributed by atoms with Crippen molar-refractivity contribution in [1.82, 2.24) is 14.7 Å². The predicted molar refractivity (Wildman–Crippen MR) is 102 cm³/mol. The number of thiophene rings is 1. The van der Waals surface area contributed by atoms with E-state index in [-0.39, 0.29) is 16.3 Å². The van der Waals surface area contributed by atoms with Gasteiger partial charge in [-0.3, -0.25) is 14.2 Å². The molecule has 0 unspecified atom stereocenters. The lowest BCUT2D eigenvalue weighted by Crippen LogP contribution is -2.30. The fourth-order valence-corrected chi connectivity index (χ4v) is 4.26. The maximum absolute atomic E-state index is 12.7. The number of ether oxygens (including phenoxy) is 1.